The number of ether oxygens (including phenoxy) is 1. The van der Waals surface area contributed by atoms with Crippen molar-refractivity contribution in [2.24, 2.45) is 11.1 Å². The average Bonchev–Trinajstić information content (AvgIpc) is 2.21. The second kappa shape index (κ2) is 7.48. The number of amides is 1. The van der Waals surface area contributed by atoms with Crippen LogP contribution < -0.4 is 5.73 Å². The molecule has 0 aromatic heterocycles. The molecule has 0 aliphatic heterocycles. The number of carbonyl (C=O) groups is 2. The summed E-state index contributed by atoms with van der Waals surface area (Å²) in [5.41, 5.74) is 6.09. The molecule has 2 N–H and O–H groups in total. The molecule has 0 fully saturated rings. The van der Waals surface area contributed by atoms with Crippen LogP contribution in [0.15, 0.2) is 0 Å². The van der Waals surface area contributed by atoms with Gasteiger partial charge in [0.1, 0.15) is 6.54 Å². The molecule has 1 atom stereocenters. The molecule has 0 heterocycles. The van der Waals surface area contributed by atoms with E-state index >= 15 is 0 Å². The molecule has 1 unspecified atom stereocenters. The van der Waals surface area contributed by atoms with E-state index in [1.807, 2.05) is 13.8 Å². The molecule has 0 aliphatic carbocycles. The Morgan fingerprint density at radius 3 is 2.16 bits per heavy atom. The van der Waals surface area contributed by atoms with Gasteiger partial charge in [0, 0.05) is 18.5 Å². The Balaban J connectivity index is 4.53. The summed E-state index contributed by atoms with van der Waals surface area (Å²) >= 11 is 0. The minimum absolute atomic E-state index is 0.0186. The fraction of sp³-hybridized carbons (Fsp3) is 0.857. The number of carbonyl (C=O) groups excluding carboxylic acids is 2. The van der Waals surface area contributed by atoms with Crippen LogP contribution in [0.2, 0.25) is 0 Å². The van der Waals surface area contributed by atoms with E-state index in [4.69, 9.17) is 5.73 Å². The molecule has 19 heavy (non-hydrogen) atoms. The third-order valence-electron chi connectivity index (χ3n) is 2.78. The Hall–Kier alpha value is -1.10. The SMILES string of the molecule is COC(=O)CN(C(=O)CC(N)CC(C)(C)C)C(C)C. The fourth-order valence-corrected chi connectivity index (χ4v) is 1.96. The van der Waals surface area contributed by atoms with Crippen LogP contribution in [0.3, 0.4) is 0 Å². The van der Waals surface area contributed by atoms with Gasteiger partial charge in [-0.2, -0.15) is 0 Å². The summed E-state index contributed by atoms with van der Waals surface area (Å²) in [6.07, 6.45) is 1.02. The van der Waals surface area contributed by atoms with Gasteiger partial charge >= 0.3 is 5.97 Å². The highest BCUT2D eigenvalue weighted by atomic mass is 16.5. The van der Waals surface area contributed by atoms with Gasteiger partial charge < -0.3 is 15.4 Å². The van der Waals surface area contributed by atoms with Gasteiger partial charge in [0.15, 0.2) is 0 Å². The van der Waals surface area contributed by atoms with Gasteiger partial charge in [-0.05, 0) is 25.7 Å². The molecule has 5 heteroatoms. The predicted octanol–water partition coefficient (Wildman–Crippen LogP) is 1.55. The molecule has 0 aromatic rings. The lowest BCUT2D eigenvalue weighted by molar-refractivity contribution is -0.148. The predicted molar refractivity (Wildman–Crippen MR) is 75.5 cm³/mol. The number of nitrogens with zero attached hydrogens (tertiary/aromatic N) is 1. The van der Waals surface area contributed by atoms with Gasteiger partial charge in [-0.15, -0.1) is 0 Å². The van der Waals surface area contributed by atoms with Crippen LogP contribution in [-0.4, -0.2) is 42.5 Å². The molecule has 0 aromatic carbocycles. The van der Waals surface area contributed by atoms with Crippen LogP contribution >= 0.6 is 0 Å². The highest BCUT2D eigenvalue weighted by Gasteiger charge is 2.24. The maximum atomic E-state index is 12.2. The van der Waals surface area contributed by atoms with Gasteiger partial charge in [0.25, 0.3) is 0 Å². The summed E-state index contributed by atoms with van der Waals surface area (Å²) in [4.78, 5) is 25.0. The zero-order valence-electron chi connectivity index (χ0n) is 13.0. The Morgan fingerprint density at radius 2 is 1.79 bits per heavy atom. The minimum Gasteiger partial charge on any atom is -0.468 e. The quantitative estimate of drug-likeness (QED) is 0.745. The van der Waals surface area contributed by atoms with E-state index in [1.165, 1.54) is 12.0 Å². The lowest BCUT2D eigenvalue weighted by Crippen LogP contribution is -2.43. The van der Waals surface area contributed by atoms with Gasteiger partial charge in [-0.1, -0.05) is 20.8 Å². The number of hydrogen-bond donors (Lipinski definition) is 1. The van der Waals surface area contributed by atoms with Crippen molar-refractivity contribution >= 4 is 11.9 Å². The summed E-state index contributed by atoms with van der Waals surface area (Å²) in [6, 6.07) is -0.236. The third kappa shape index (κ3) is 7.82. The molecule has 5 nitrogen and oxygen atoms in total. The Labute approximate surface area is 116 Å². The first-order valence-corrected chi connectivity index (χ1v) is 6.68. The van der Waals surface area contributed by atoms with Crippen LogP contribution in [0.25, 0.3) is 0 Å². The van der Waals surface area contributed by atoms with Gasteiger partial charge in [0.05, 0.1) is 7.11 Å². The Bertz CT molecular complexity index is 308. The van der Waals surface area contributed by atoms with E-state index in [2.05, 4.69) is 25.5 Å². The van der Waals surface area contributed by atoms with Crippen LogP contribution in [0.4, 0.5) is 0 Å². The smallest absolute Gasteiger partial charge is 0.325 e. The van der Waals surface area contributed by atoms with Crippen molar-refractivity contribution < 1.29 is 14.3 Å². The molecule has 0 saturated heterocycles. The molecule has 0 aliphatic rings. The Morgan fingerprint density at radius 1 is 1.26 bits per heavy atom. The highest BCUT2D eigenvalue weighted by molar-refractivity contribution is 5.82. The van der Waals surface area contributed by atoms with Gasteiger partial charge in [-0.25, -0.2) is 0 Å². The lowest BCUT2D eigenvalue weighted by atomic mass is 9.87. The van der Waals surface area contributed by atoms with Crippen LogP contribution in [-0.2, 0) is 14.3 Å². The van der Waals surface area contributed by atoms with Crippen molar-refractivity contribution in [2.45, 2.75) is 59.5 Å². The van der Waals surface area contributed by atoms with Crippen LogP contribution in [0, 0.1) is 5.41 Å². The number of rotatable bonds is 6. The third-order valence-corrected chi connectivity index (χ3v) is 2.78. The molecule has 0 spiro atoms. The second-order valence-corrected chi connectivity index (χ2v) is 6.42. The van der Waals surface area contributed by atoms with E-state index < -0.39 is 5.97 Å². The zero-order chi connectivity index (χ0) is 15.2. The van der Waals surface area contributed by atoms with E-state index in [0.29, 0.717) is 0 Å². The van der Waals surface area contributed by atoms with Crippen molar-refractivity contribution in [3.8, 4) is 0 Å². The van der Waals surface area contributed by atoms with E-state index in [9.17, 15) is 9.59 Å². The molecular formula is C14H28N2O3. The molecule has 0 bridgehead atoms. The summed E-state index contributed by atoms with van der Waals surface area (Å²) in [7, 11) is 1.32. The van der Waals surface area contributed by atoms with Crippen molar-refractivity contribution in [1.29, 1.82) is 0 Å². The maximum absolute atomic E-state index is 12.2. The zero-order valence-corrected chi connectivity index (χ0v) is 13.0. The topological polar surface area (TPSA) is 72.6 Å². The number of nitrogens with two attached hydrogens (primary N) is 1. The fourth-order valence-electron chi connectivity index (χ4n) is 1.96. The first-order valence-electron chi connectivity index (χ1n) is 6.68. The number of methoxy groups -OCH3 is 1. The standard InChI is InChI=1S/C14H28N2O3/c1-10(2)16(9-13(18)19-6)12(17)7-11(15)8-14(3,4)5/h10-11H,7-9,15H2,1-6H3. The van der Waals surface area contributed by atoms with Crippen molar-refractivity contribution in [1.82, 2.24) is 4.90 Å². The lowest BCUT2D eigenvalue weighted by Gasteiger charge is -2.28. The first-order chi connectivity index (χ1) is 8.56. The van der Waals surface area contributed by atoms with Crippen LogP contribution in [0.5, 0.6) is 0 Å². The van der Waals surface area contributed by atoms with E-state index in [-0.39, 0.29) is 36.4 Å². The molecule has 112 valence electrons. The minimum atomic E-state index is -0.411. The summed E-state index contributed by atoms with van der Waals surface area (Å²) in [6.45, 7) is 9.99. The number of hydrogen-bond acceptors (Lipinski definition) is 4. The largest absolute Gasteiger partial charge is 0.468 e. The summed E-state index contributed by atoms with van der Waals surface area (Å²) in [5, 5.41) is 0. The molecule has 0 rings (SSSR count). The molecule has 0 saturated carbocycles. The maximum Gasteiger partial charge on any atom is 0.325 e. The highest BCUT2D eigenvalue weighted by Crippen LogP contribution is 2.21. The monoisotopic (exact) mass is 272 g/mol. The summed E-state index contributed by atoms with van der Waals surface area (Å²) in [5.74, 6) is -0.511. The van der Waals surface area contributed by atoms with Crippen LogP contribution in [0.1, 0.15) is 47.5 Å². The molecule has 0 radical (unpaired) electrons. The van der Waals surface area contributed by atoms with Gasteiger partial charge in [-0.3, -0.25) is 9.59 Å². The molecular weight excluding hydrogens is 244 g/mol. The first kappa shape index (κ1) is 17.9. The van der Waals surface area contributed by atoms with Gasteiger partial charge in [0.2, 0.25) is 5.91 Å². The normalized spacial score (nSPS) is 13.3. The van der Waals surface area contributed by atoms with E-state index in [1.54, 1.807) is 0 Å². The number of esters is 1. The Kier molecular flexibility index (Phi) is 7.05. The van der Waals surface area contributed by atoms with Crippen molar-refractivity contribution in [3.05, 3.63) is 0 Å². The second-order valence-electron chi connectivity index (χ2n) is 6.42. The molecule has 1 amide bonds. The average molecular weight is 272 g/mol. The van der Waals surface area contributed by atoms with Crippen molar-refractivity contribution in [3.63, 3.8) is 0 Å². The summed E-state index contributed by atoms with van der Waals surface area (Å²) < 4.78 is 4.60. The van der Waals surface area contributed by atoms with E-state index in [0.717, 1.165) is 6.42 Å². The van der Waals surface area contributed by atoms with Crippen molar-refractivity contribution in [2.75, 3.05) is 13.7 Å².